The molecule has 0 rings (SSSR count). The standard InChI is InChI=1S/C8H14NO.Rb/c1-3-5-6-8(10)7(9)4-2;/h3,5,7,9H,4,6H2,1-2H3;/q-1;+1/b5-3-;. The minimum absolute atomic E-state index is 0. The first-order valence-corrected chi connectivity index (χ1v) is 3.57. The molecule has 3 heteroatoms. The van der Waals surface area contributed by atoms with Crippen molar-refractivity contribution in [1.82, 2.24) is 0 Å². The summed E-state index contributed by atoms with van der Waals surface area (Å²) < 4.78 is 0. The van der Waals surface area contributed by atoms with Gasteiger partial charge in [0.25, 0.3) is 0 Å². The third kappa shape index (κ3) is 7.53. The van der Waals surface area contributed by atoms with Crippen LogP contribution in [0, 0.1) is 0 Å². The number of carbonyl (C=O) groups is 1. The molecule has 0 aliphatic carbocycles. The van der Waals surface area contributed by atoms with Gasteiger partial charge in [0.15, 0.2) is 0 Å². The van der Waals surface area contributed by atoms with Crippen LogP contribution in [0.4, 0.5) is 0 Å². The van der Waals surface area contributed by atoms with Crippen LogP contribution in [0.15, 0.2) is 12.2 Å². The summed E-state index contributed by atoms with van der Waals surface area (Å²) in [5, 5.41) is 0. The number of allylic oxidation sites excluding steroid dienone is 2. The third-order valence-electron chi connectivity index (χ3n) is 1.35. The summed E-state index contributed by atoms with van der Waals surface area (Å²) in [6.07, 6.45) is 4.66. The number of hydrogen-bond acceptors (Lipinski definition) is 1. The number of rotatable bonds is 4. The maximum atomic E-state index is 10.9. The van der Waals surface area contributed by atoms with E-state index in [2.05, 4.69) is 0 Å². The van der Waals surface area contributed by atoms with Gasteiger partial charge in [-0.05, 0) is 6.92 Å². The van der Waals surface area contributed by atoms with E-state index in [1.165, 1.54) is 0 Å². The van der Waals surface area contributed by atoms with Crippen molar-refractivity contribution < 1.29 is 63.0 Å². The first kappa shape index (κ1) is 14.7. The van der Waals surface area contributed by atoms with E-state index in [9.17, 15) is 4.79 Å². The van der Waals surface area contributed by atoms with Gasteiger partial charge in [0.2, 0.25) is 0 Å². The zero-order valence-corrected chi connectivity index (χ0v) is 12.5. The van der Waals surface area contributed by atoms with Crippen LogP contribution in [0.3, 0.4) is 0 Å². The summed E-state index contributed by atoms with van der Waals surface area (Å²) in [6.45, 7) is 3.73. The minimum atomic E-state index is -0.517. The summed E-state index contributed by atoms with van der Waals surface area (Å²) in [7, 11) is 0. The van der Waals surface area contributed by atoms with Gasteiger partial charge in [-0.2, -0.15) is 0 Å². The fourth-order valence-corrected chi connectivity index (χ4v) is 0.604. The molecule has 58 valence electrons. The molecule has 0 amide bonds. The summed E-state index contributed by atoms with van der Waals surface area (Å²) in [4.78, 5) is 10.9. The Kier molecular flexibility index (Phi) is 12.4. The molecule has 11 heavy (non-hydrogen) atoms. The second-order valence-corrected chi connectivity index (χ2v) is 2.20. The van der Waals surface area contributed by atoms with Gasteiger partial charge in [0.05, 0.1) is 0 Å². The van der Waals surface area contributed by atoms with Crippen molar-refractivity contribution in [3.05, 3.63) is 17.9 Å². The van der Waals surface area contributed by atoms with Crippen LogP contribution in [-0.2, 0) is 4.79 Å². The van der Waals surface area contributed by atoms with Crippen LogP contribution < -0.4 is 58.2 Å². The van der Waals surface area contributed by atoms with Crippen molar-refractivity contribution in [2.24, 2.45) is 0 Å². The molecule has 0 fully saturated rings. The quantitative estimate of drug-likeness (QED) is 0.587. The van der Waals surface area contributed by atoms with Gasteiger partial charge in [-0.25, -0.2) is 0 Å². The van der Waals surface area contributed by atoms with E-state index < -0.39 is 6.04 Å². The Bertz CT molecular complexity index is 134. The van der Waals surface area contributed by atoms with E-state index in [0.717, 1.165) is 0 Å². The molecule has 0 aromatic heterocycles. The van der Waals surface area contributed by atoms with Gasteiger partial charge in [-0.3, -0.25) is 0 Å². The Balaban J connectivity index is 0. The van der Waals surface area contributed by atoms with Crippen LogP contribution in [0.25, 0.3) is 5.73 Å². The van der Waals surface area contributed by atoms with Crippen LogP contribution in [0.1, 0.15) is 26.7 Å². The van der Waals surface area contributed by atoms with Gasteiger partial charge in [0.1, 0.15) is 5.78 Å². The molecule has 0 aromatic rings. The molecule has 0 bridgehead atoms. The second-order valence-electron chi connectivity index (χ2n) is 2.20. The van der Waals surface area contributed by atoms with E-state index in [4.69, 9.17) is 5.73 Å². The van der Waals surface area contributed by atoms with E-state index in [-0.39, 0.29) is 64.0 Å². The molecule has 0 saturated heterocycles. The van der Waals surface area contributed by atoms with E-state index >= 15 is 0 Å². The van der Waals surface area contributed by atoms with Gasteiger partial charge in [-0.1, -0.05) is 31.5 Å². The van der Waals surface area contributed by atoms with Crippen molar-refractivity contribution in [3.63, 3.8) is 0 Å². The molecule has 0 aliphatic rings. The van der Waals surface area contributed by atoms with Crippen LogP contribution >= 0.6 is 0 Å². The van der Waals surface area contributed by atoms with E-state index in [1.807, 2.05) is 19.9 Å². The number of Topliss-reactive ketones (excluding diaryl/α,β-unsaturated/α-hetero) is 1. The topological polar surface area (TPSA) is 40.9 Å². The molecular weight excluding hydrogens is 212 g/mol. The van der Waals surface area contributed by atoms with Crippen LogP contribution in [-0.4, -0.2) is 11.8 Å². The number of nitrogens with one attached hydrogen (secondary N) is 1. The van der Waals surface area contributed by atoms with Crippen LogP contribution in [0.2, 0.25) is 0 Å². The van der Waals surface area contributed by atoms with Crippen LogP contribution in [0.5, 0.6) is 0 Å². The Hall–Kier alpha value is 1.18. The number of carbonyl (C=O) groups excluding carboxylic acids is 1. The fraction of sp³-hybridized carbons (Fsp3) is 0.625. The molecule has 0 aliphatic heterocycles. The Labute approximate surface area is 117 Å². The van der Waals surface area contributed by atoms with Gasteiger partial charge in [0, 0.05) is 6.42 Å². The van der Waals surface area contributed by atoms with Crippen molar-refractivity contribution >= 4 is 5.78 Å². The monoisotopic (exact) mass is 225 g/mol. The van der Waals surface area contributed by atoms with Gasteiger partial charge >= 0.3 is 58.2 Å². The summed E-state index contributed by atoms with van der Waals surface area (Å²) in [6, 6.07) is -0.517. The van der Waals surface area contributed by atoms with Gasteiger partial charge in [-0.15, -0.1) is 0 Å². The molecule has 0 saturated carbocycles. The maximum absolute atomic E-state index is 10.9. The maximum Gasteiger partial charge on any atom is 1.00 e. The predicted octanol–water partition coefficient (Wildman–Crippen LogP) is -0.643. The smallest absolute Gasteiger partial charge is 0.668 e. The van der Waals surface area contributed by atoms with E-state index in [0.29, 0.717) is 12.8 Å². The van der Waals surface area contributed by atoms with Crippen molar-refractivity contribution in [1.29, 1.82) is 0 Å². The summed E-state index contributed by atoms with van der Waals surface area (Å²) in [5.41, 5.74) is 7.22. The molecule has 0 aromatic carbocycles. The Morgan fingerprint density at radius 2 is 2.18 bits per heavy atom. The van der Waals surface area contributed by atoms with Crippen molar-refractivity contribution in [2.75, 3.05) is 0 Å². The predicted molar refractivity (Wildman–Crippen MR) is 42.8 cm³/mol. The number of ketones is 1. The molecule has 0 heterocycles. The van der Waals surface area contributed by atoms with Gasteiger partial charge < -0.3 is 10.5 Å². The zero-order chi connectivity index (χ0) is 7.98. The average Bonchev–Trinajstić information content (AvgIpc) is 1.98. The molecule has 0 radical (unpaired) electrons. The molecule has 0 spiro atoms. The molecule has 1 unspecified atom stereocenters. The summed E-state index contributed by atoms with van der Waals surface area (Å²) in [5.74, 6) is 0.0144. The Morgan fingerprint density at radius 1 is 1.64 bits per heavy atom. The van der Waals surface area contributed by atoms with Crippen molar-refractivity contribution in [2.45, 2.75) is 32.7 Å². The largest absolute Gasteiger partial charge is 1.00 e. The molecule has 1 atom stereocenters. The molecule has 2 nitrogen and oxygen atoms in total. The minimum Gasteiger partial charge on any atom is -0.668 e. The molecular formula is C8H14NORb. The Morgan fingerprint density at radius 3 is 2.55 bits per heavy atom. The first-order valence-electron chi connectivity index (χ1n) is 3.57. The van der Waals surface area contributed by atoms with Crippen molar-refractivity contribution in [3.8, 4) is 0 Å². The summed E-state index contributed by atoms with van der Waals surface area (Å²) >= 11 is 0. The van der Waals surface area contributed by atoms with E-state index in [1.54, 1.807) is 6.08 Å². The normalized spacial score (nSPS) is 12.6. The average molecular weight is 226 g/mol. The first-order chi connectivity index (χ1) is 4.72. The fourth-order valence-electron chi connectivity index (χ4n) is 0.604. The zero-order valence-electron chi connectivity index (χ0n) is 7.55. The number of hydrogen-bond donors (Lipinski definition) is 0. The SMILES string of the molecule is C/C=C\CC(=O)C([NH-])CC.[Rb+]. The third-order valence-corrected chi connectivity index (χ3v) is 1.35. The molecule has 1 N–H and O–H groups in total. The second kappa shape index (κ2) is 9.26.